The maximum absolute atomic E-state index is 5.47. The quantitative estimate of drug-likeness (QED) is 0.704. The Balaban J connectivity index is 2.38. The van der Waals surface area contributed by atoms with Crippen LogP contribution in [0.1, 0.15) is 13.8 Å². The third-order valence-electron chi connectivity index (χ3n) is 3.12. The van der Waals surface area contributed by atoms with Crippen molar-refractivity contribution in [3.05, 3.63) is 23.7 Å². The zero-order chi connectivity index (χ0) is 11.7. The van der Waals surface area contributed by atoms with Crippen molar-refractivity contribution in [3.8, 4) is 0 Å². The fourth-order valence-corrected chi connectivity index (χ4v) is 3.79. The highest BCUT2D eigenvalue weighted by Crippen LogP contribution is 2.38. The first-order valence-corrected chi connectivity index (χ1v) is 6.37. The van der Waals surface area contributed by atoms with Gasteiger partial charge in [-0.25, -0.2) is 4.58 Å². The Hall–Kier alpha value is -0.900. The van der Waals surface area contributed by atoms with Gasteiger partial charge >= 0.3 is 0 Å². The molecule has 0 bridgehead atoms. The molecule has 1 aliphatic carbocycles. The third-order valence-corrected chi connectivity index (χ3v) is 4.44. The lowest BCUT2D eigenvalue weighted by atomic mass is 10.0. The molecular weight excluding hydrogens is 222 g/mol. The topological polar surface area (TPSA) is 21.5 Å². The highest BCUT2D eigenvalue weighted by molar-refractivity contribution is 8.14. The van der Waals surface area contributed by atoms with Gasteiger partial charge in [0.2, 0.25) is 11.1 Å². The van der Waals surface area contributed by atoms with Crippen LogP contribution in [-0.2, 0) is 9.47 Å². The molecule has 16 heavy (non-hydrogen) atoms. The average Bonchev–Trinajstić information content (AvgIpc) is 2.64. The minimum absolute atomic E-state index is 0.292. The van der Waals surface area contributed by atoms with E-state index in [0.29, 0.717) is 11.3 Å². The molecule has 0 N–H and O–H groups in total. The van der Waals surface area contributed by atoms with Crippen LogP contribution < -0.4 is 0 Å². The molecule has 0 amide bonds. The summed E-state index contributed by atoms with van der Waals surface area (Å²) in [6.45, 7) is 5.33. The van der Waals surface area contributed by atoms with E-state index in [4.69, 9.17) is 9.47 Å². The maximum atomic E-state index is 5.47. The first kappa shape index (κ1) is 11.6. The molecule has 0 aromatic carbocycles. The minimum Gasteiger partial charge on any atom is -0.500 e. The second-order valence-electron chi connectivity index (χ2n) is 3.83. The van der Waals surface area contributed by atoms with Crippen LogP contribution in [-0.4, -0.2) is 41.7 Å². The van der Waals surface area contributed by atoms with Crippen molar-refractivity contribution in [3.63, 3.8) is 0 Å². The van der Waals surface area contributed by atoms with Crippen molar-refractivity contribution in [2.75, 3.05) is 20.8 Å². The molecule has 2 atom stereocenters. The standard InChI is InChI=1S/C12H18NO2S/c1-5-13-8(2)16-12-10(15-4)7-6-9(14-3)11(12)13/h6-7,11-12H,5H2,1-4H3/q+1. The lowest BCUT2D eigenvalue weighted by molar-refractivity contribution is -0.551. The SMILES string of the molecule is CC[N+]1=C(C)SC2C(OC)=CC=C(OC)C21. The number of hydrogen-bond acceptors (Lipinski definition) is 3. The summed E-state index contributed by atoms with van der Waals surface area (Å²) in [5.41, 5.74) is 0. The van der Waals surface area contributed by atoms with E-state index < -0.39 is 0 Å². The molecule has 0 saturated carbocycles. The molecule has 88 valence electrons. The zero-order valence-corrected chi connectivity index (χ0v) is 11.0. The van der Waals surface area contributed by atoms with E-state index in [1.807, 2.05) is 23.9 Å². The second-order valence-corrected chi connectivity index (χ2v) is 5.17. The summed E-state index contributed by atoms with van der Waals surface area (Å²) in [5.74, 6) is 2.06. The van der Waals surface area contributed by atoms with Gasteiger partial charge in [0.15, 0.2) is 5.76 Å². The van der Waals surface area contributed by atoms with Gasteiger partial charge in [0.1, 0.15) is 17.6 Å². The molecule has 2 unspecified atom stereocenters. The fourth-order valence-electron chi connectivity index (χ4n) is 2.34. The zero-order valence-electron chi connectivity index (χ0n) is 10.2. The summed E-state index contributed by atoms with van der Waals surface area (Å²) in [5, 5.41) is 1.68. The number of methoxy groups -OCH3 is 2. The van der Waals surface area contributed by atoms with Crippen molar-refractivity contribution < 1.29 is 14.0 Å². The molecule has 0 aromatic rings. The summed E-state index contributed by atoms with van der Waals surface area (Å²) in [4.78, 5) is 0. The van der Waals surface area contributed by atoms with Gasteiger partial charge in [-0.3, -0.25) is 0 Å². The van der Waals surface area contributed by atoms with Crippen LogP contribution in [0, 0.1) is 0 Å². The molecule has 0 fully saturated rings. The van der Waals surface area contributed by atoms with Gasteiger partial charge in [-0.1, -0.05) is 0 Å². The molecule has 0 saturated heterocycles. The Morgan fingerprint density at radius 1 is 1.25 bits per heavy atom. The van der Waals surface area contributed by atoms with Crippen LogP contribution in [0.15, 0.2) is 23.7 Å². The Bertz CT molecular complexity index is 384. The molecule has 1 aliphatic heterocycles. The van der Waals surface area contributed by atoms with Crippen LogP contribution >= 0.6 is 11.8 Å². The van der Waals surface area contributed by atoms with E-state index in [-0.39, 0.29) is 0 Å². The maximum Gasteiger partial charge on any atom is 0.229 e. The number of hydrogen-bond donors (Lipinski definition) is 0. The van der Waals surface area contributed by atoms with Crippen molar-refractivity contribution in [1.29, 1.82) is 0 Å². The van der Waals surface area contributed by atoms with Crippen molar-refractivity contribution >= 4 is 16.8 Å². The van der Waals surface area contributed by atoms with E-state index in [1.165, 1.54) is 5.04 Å². The van der Waals surface area contributed by atoms with Gasteiger partial charge in [-0.15, -0.1) is 0 Å². The molecule has 4 heteroatoms. The smallest absolute Gasteiger partial charge is 0.229 e. The van der Waals surface area contributed by atoms with Crippen molar-refractivity contribution in [2.24, 2.45) is 0 Å². The Kier molecular flexibility index (Phi) is 3.28. The number of thioether (sulfide) groups is 1. The number of nitrogens with zero attached hydrogens (tertiary/aromatic N) is 1. The monoisotopic (exact) mass is 240 g/mol. The first-order valence-electron chi connectivity index (χ1n) is 5.49. The van der Waals surface area contributed by atoms with Gasteiger partial charge in [0.05, 0.1) is 14.2 Å². The molecule has 0 aromatic heterocycles. The van der Waals surface area contributed by atoms with E-state index in [9.17, 15) is 0 Å². The number of likely N-dealkylation sites (N-methyl/N-ethyl adjacent to an activating group) is 1. The highest BCUT2D eigenvalue weighted by Gasteiger charge is 2.47. The summed E-state index contributed by atoms with van der Waals surface area (Å²) < 4.78 is 13.3. The average molecular weight is 240 g/mol. The fraction of sp³-hybridized carbons (Fsp3) is 0.583. The number of ether oxygens (including phenoxy) is 2. The Labute approximate surface area is 101 Å². The minimum atomic E-state index is 0.292. The van der Waals surface area contributed by atoms with Gasteiger partial charge in [0.25, 0.3) is 0 Å². The summed E-state index contributed by atoms with van der Waals surface area (Å²) in [7, 11) is 3.47. The third kappa shape index (κ3) is 1.65. The number of fused-ring (bicyclic) bond motifs is 1. The molecule has 2 rings (SSSR count). The molecule has 0 spiro atoms. The van der Waals surface area contributed by atoms with Gasteiger partial charge in [-0.05, 0) is 30.8 Å². The summed E-state index contributed by atoms with van der Waals surface area (Å²) >= 11 is 1.86. The molecule has 2 aliphatic rings. The van der Waals surface area contributed by atoms with Crippen molar-refractivity contribution in [2.45, 2.75) is 25.1 Å². The van der Waals surface area contributed by atoms with Gasteiger partial charge in [0, 0.05) is 6.92 Å². The van der Waals surface area contributed by atoms with Crippen LogP contribution in [0.3, 0.4) is 0 Å². The molecular formula is C12H18NO2S+. The predicted molar refractivity (Wildman–Crippen MR) is 66.8 cm³/mol. The first-order chi connectivity index (χ1) is 7.72. The highest BCUT2D eigenvalue weighted by atomic mass is 32.2. The van der Waals surface area contributed by atoms with Crippen LogP contribution in [0.5, 0.6) is 0 Å². The Morgan fingerprint density at radius 3 is 2.44 bits per heavy atom. The predicted octanol–water partition coefficient (Wildman–Crippen LogP) is 2.00. The lowest BCUT2D eigenvalue weighted by Crippen LogP contribution is -2.36. The van der Waals surface area contributed by atoms with Crippen LogP contribution in [0.2, 0.25) is 0 Å². The van der Waals surface area contributed by atoms with E-state index in [1.54, 1.807) is 14.2 Å². The number of allylic oxidation sites excluding steroid dienone is 2. The van der Waals surface area contributed by atoms with Gasteiger partial charge < -0.3 is 9.47 Å². The Morgan fingerprint density at radius 2 is 1.88 bits per heavy atom. The van der Waals surface area contributed by atoms with E-state index in [0.717, 1.165) is 18.1 Å². The van der Waals surface area contributed by atoms with Crippen LogP contribution in [0.25, 0.3) is 0 Å². The van der Waals surface area contributed by atoms with E-state index >= 15 is 0 Å². The molecule has 1 heterocycles. The normalized spacial score (nSPS) is 28.5. The lowest BCUT2D eigenvalue weighted by Gasteiger charge is -2.23. The van der Waals surface area contributed by atoms with E-state index in [2.05, 4.69) is 18.4 Å². The summed E-state index contributed by atoms with van der Waals surface area (Å²) in [6.07, 6.45) is 4.03. The molecule has 3 nitrogen and oxygen atoms in total. The second kappa shape index (κ2) is 4.53. The van der Waals surface area contributed by atoms with Crippen LogP contribution in [0.4, 0.5) is 0 Å². The molecule has 0 radical (unpaired) electrons. The van der Waals surface area contributed by atoms with Gasteiger partial charge in [-0.2, -0.15) is 0 Å². The summed E-state index contributed by atoms with van der Waals surface area (Å²) in [6, 6.07) is 0.292. The largest absolute Gasteiger partial charge is 0.500 e. The number of rotatable bonds is 3. The van der Waals surface area contributed by atoms with Crippen molar-refractivity contribution in [1.82, 2.24) is 0 Å².